The third-order valence-corrected chi connectivity index (χ3v) is 3.63. The minimum atomic E-state index is -4.34. The second-order valence-electron chi connectivity index (χ2n) is 5.07. The summed E-state index contributed by atoms with van der Waals surface area (Å²) in [5, 5.41) is 3.07. The molecule has 1 aromatic rings. The summed E-state index contributed by atoms with van der Waals surface area (Å²) in [5.74, 6) is 0.777. The van der Waals surface area contributed by atoms with Crippen molar-refractivity contribution in [1.82, 2.24) is 10.2 Å². The number of alkyl halides is 3. The molecule has 1 atom stereocenters. The summed E-state index contributed by atoms with van der Waals surface area (Å²) in [7, 11) is 1.43. The van der Waals surface area contributed by atoms with Crippen LogP contribution in [0.25, 0.3) is 0 Å². The van der Waals surface area contributed by atoms with Crippen molar-refractivity contribution in [3.8, 4) is 11.5 Å². The molecule has 1 aliphatic heterocycles. The van der Waals surface area contributed by atoms with E-state index in [0.717, 1.165) is 0 Å². The van der Waals surface area contributed by atoms with Crippen LogP contribution >= 0.6 is 0 Å². The highest BCUT2D eigenvalue weighted by Gasteiger charge is 2.45. The summed E-state index contributed by atoms with van der Waals surface area (Å²) < 4.78 is 51.2. The van der Waals surface area contributed by atoms with Crippen LogP contribution in [0.5, 0.6) is 11.5 Å². The van der Waals surface area contributed by atoms with Gasteiger partial charge in [0, 0.05) is 26.2 Å². The maximum Gasteiger partial charge on any atom is 0.408 e. The molecule has 4 nitrogen and oxygen atoms in total. The van der Waals surface area contributed by atoms with E-state index < -0.39 is 12.2 Å². The van der Waals surface area contributed by atoms with Crippen molar-refractivity contribution >= 4 is 0 Å². The van der Waals surface area contributed by atoms with Crippen LogP contribution in [0.3, 0.4) is 0 Å². The van der Waals surface area contributed by atoms with Crippen LogP contribution in [-0.2, 0) is 0 Å². The van der Waals surface area contributed by atoms with E-state index in [4.69, 9.17) is 9.47 Å². The van der Waals surface area contributed by atoms with E-state index in [0.29, 0.717) is 44.3 Å². The summed E-state index contributed by atoms with van der Waals surface area (Å²) >= 11 is 0. The van der Waals surface area contributed by atoms with Crippen molar-refractivity contribution in [3.63, 3.8) is 0 Å². The van der Waals surface area contributed by atoms with Gasteiger partial charge in [-0.2, -0.15) is 13.2 Å². The van der Waals surface area contributed by atoms with Gasteiger partial charge in [-0.1, -0.05) is 6.07 Å². The standard InChI is InChI=1S/C15H21F3N2O2/c1-3-22-12-5-4-11(10-13(12)21-2)14(15(16,17)18)20-8-6-19-7-9-20/h4-5,10,14,19H,3,6-9H2,1-2H3/t14-/m0/s1. The Kier molecular flexibility index (Phi) is 5.52. The number of methoxy groups -OCH3 is 1. The summed E-state index contributed by atoms with van der Waals surface area (Å²) in [6.45, 7) is 4.07. The Morgan fingerprint density at radius 2 is 1.91 bits per heavy atom. The first kappa shape index (κ1) is 16.9. The third-order valence-electron chi connectivity index (χ3n) is 3.63. The highest BCUT2D eigenvalue weighted by molar-refractivity contribution is 5.44. The minimum absolute atomic E-state index is 0.176. The maximum atomic E-state index is 13.5. The SMILES string of the molecule is CCOc1ccc([C@H](N2CCNCC2)C(F)(F)F)cc1OC. The fourth-order valence-electron chi connectivity index (χ4n) is 2.68. The predicted octanol–water partition coefficient (Wildman–Crippen LogP) is 2.60. The molecule has 0 radical (unpaired) electrons. The van der Waals surface area contributed by atoms with Crippen LogP contribution in [-0.4, -0.2) is 51.0 Å². The third kappa shape index (κ3) is 3.84. The number of hydrogen-bond acceptors (Lipinski definition) is 4. The van der Waals surface area contributed by atoms with E-state index >= 15 is 0 Å². The number of nitrogens with zero attached hydrogens (tertiary/aromatic N) is 1. The first-order valence-electron chi connectivity index (χ1n) is 7.29. The molecule has 0 aromatic heterocycles. The average molecular weight is 318 g/mol. The van der Waals surface area contributed by atoms with Crippen LogP contribution in [0, 0.1) is 0 Å². The normalized spacial score (nSPS) is 18.0. The molecule has 0 unspecified atom stereocenters. The fourth-order valence-corrected chi connectivity index (χ4v) is 2.68. The van der Waals surface area contributed by atoms with Gasteiger partial charge >= 0.3 is 6.18 Å². The molecule has 1 saturated heterocycles. The number of hydrogen-bond donors (Lipinski definition) is 1. The molecule has 2 rings (SSSR count). The van der Waals surface area contributed by atoms with Crippen molar-refractivity contribution in [1.29, 1.82) is 0 Å². The largest absolute Gasteiger partial charge is 0.493 e. The Hall–Kier alpha value is -1.47. The molecule has 1 N–H and O–H groups in total. The van der Waals surface area contributed by atoms with E-state index in [1.807, 2.05) is 6.92 Å². The summed E-state index contributed by atoms with van der Waals surface area (Å²) in [6.07, 6.45) is -4.34. The highest BCUT2D eigenvalue weighted by atomic mass is 19.4. The van der Waals surface area contributed by atoms with E-state index in [-0.39, 0.29) is 5.56 Å². The number of ether oxygens (including phenoxy) is 2. The molecule has 1 fully saturated rings. The fraction of sp³-hybridized carbons (Fsp3) is 0.600. The monoisotopic (exact) mass is 318 g/mol. The molecule has 0 saturated carbocycles. The molecule has 1 heterocycles. The first-order valence-corrected chi connectivity index (χ1v) is 7.29. The van der Waals surface area contributed by atoms with Gasteiger partial charge in [-0.15, -0.1) is 0 Å². The molecule has 0 aliphatic carbocycles. The molecular formula is C15H21F3N2O2. The van der Waals surface area contributed by atoms with Crippen molar-refractivity contribution in [2.75, 3.05) is 39.9 Å². The Balaban J connectivity index is 2.34. The second-order valence-corrected chi connectivity index (χ2v) is 5.07. The lowest BCUT2D eigenvalue weighted by Crippen LogP contribution is -2.49. The Bertz CT molecular complexity index is 488. The van der Waals surface area contributed by atoms with Gasteiger partial charge < -0.3 is 14.8 Å². The number of benzene rings is 1. The van der Waals surface area contributed by atoms with Crippen LogP contribution in [0.4, 0.5) is 13.2 Å². The van der Waals surface area contributed by atoms with Crippen LogP contribution in [0.2, 0.25) is 0 Å². The first-order chi connectivity index (χ1) is 10.5. The quantitative estimate of drug-likeness (QED) is 0.905. The molecule has 1 aliphatic rings. The Morgan fingerprint density at radius 3 is 2.45 bits per heavy atom. The molecule has 22 heavy (non-hydrogen) atoms. The van der Waals surface area contributed by atoms with Gasteiger partial charge in [-0.25, -0.2) is 0 Å². The zero-order valence-corrected chi connectivity index (χ0v) is 12.7. The molecule has 124 valence electrons. The lowest BCUT2D eigenvalue weighted by molar-refractivity contribution is -0.187. The molecule has 0 amide bonds. The topological polar surface area (TPSA) is 33.7 Å². The summed E-state index contributed by atoms with van der Waals surface area (Å²) in [6, 6.07) is 2.80. The lowest BCUT2D eigenvalue weighted by Gasteiger charge is -2.36. The van der Waals surface area contributed by atoms with E-state index in [9.17, 15) is 13.2 Å². The van der Waals surface area contributed by atoms with Crippen LogP contribution < -0.4 is 14.8 Å². The molecule has 1 aromatic carbocycles. The number of halogens is 3. The number of rotatable bonds is 5. The smallest absolute Gasteiger partial charge is 0.408 e. The number of nitrogens with one attached hydrogen (secondary N) is 1. The predicted molar refractivity (Wildman–Crippen MR) is 77.4 cm³/mol. The van der Waals surface area contributed by atoms with Crippen molar-refractivity contribution in [3.05, 3.63) is 23.8 Å². The van der Waals surface area contributed by atoms with Gasteiger partial charge in [0.1, 0.15) is 6.04 Å². The lowest BCUT2D eigenvalue weighted by atomic mass is 10.0. The van der Waals surface area contributed by atoms with Crippen molar-refractivity contribution < 1.29 is 22.6 Å². The van der Waals surface area contributed by atoms with Gasteiger partial charge in [0.15, 0.2) is 11.5 Å². The zero-order valence-electron chi connectivity index (χ0n) is 12.7. The van der Waals surface area contributed by atoms with Gasteiger partial charge in [0.05, 0.1) is 13.7 Å². The van der Waals surface area contributed by atoms with Gasteiger partial charge in [0.2, 0.25) is 0 Å². The average Bonchev–Trinajstić information content (AvgIpc) is 2.49. The van der Waals surface area contributed by atoms with E-state index in [1.165, 1.54) is 24.1 Å². The molecule has 0 bridgehead atoms. The van der Waals surface area contributed by atoms with E-state index in [1.54, 1.807) is 6.07 Å². The van der Waals surface area contributed by atoms with Crippen molar-refractivity contribution in [2.24, 2.45) is 0 Å². The summed E-state index contributed by atoms with van der Waals surface area (Å²) in [4.78, 5) is 1.45. The second kappa shape index (κ2) is 7.19. The molecular weight excluding hydrogens is 297 g/mol. The van der Waals surface area contributed by atoms with Crippen molar-refractivity contribution in [2.45, 2.75) is 19.1 Å². The Morgan fingerprint density at radius 1 is 1.23 bits per heavy atom. The van der Waals surface area contributed by atoms with Gasteiger partial charge in [-0.3, -0.25) is 4.90 Å². The van der Waals surface area contributed by atoms with Gasteiger partial charge in [-0.05, 0) is 24.6 Å². The minimum Gasteiger partial charge on any atom is -0.493 e. The molecule has 7 heteroatoms. The van der Waals surface area contributed by atoms with E-state index in [2.05, 4.69) is 5.32 Å². The van der Waals surface area contributed by atoms with Crippen LogP contribution in [0.15, 0.2) is 18.2 Å². The molecule has 0 spiro atoms. The maximum absolute atomic E-state index is 13.5. The van der Waals surface area contributed by atoms with Gasteiger partial charge in [0.25, 0.3) is 0 Å². The zero-order chi connectivity index (χ0) is 16.2. The number of piperazine rings is 1. The van der Waals surface area contributed by atoms with Crippen LogP contribution in [0.1, 0.15) is 18.5 Å². The highest BCUT2D eigenvalue weighted by Crippen LogP contribution is 2.40. The summed E-state index contributed by atoms with van der Waals surface area (Å²) in [5.41, 5.74) is 0.176. The Labute approximate surface area is 128 Å².